The minimum atomic E-state index is 0.0423. The summed E-state index contributed by atoms with van der Waals surface area (Å²) in [5.74, 6) is 1.86. The zero-order valence-corrected chi connectivity index (χ0v) is 13.8. The van der Waals surface area contributed by atoms with E-state index in [2.05, 4.69) is 19.8 Å². The van der Waals surface area contributed by atoms with E-state index in [-0.39, 0.29) is 5.78 Å². The summed E-state index contributed by atoms with van der Waals surface area (Å²) in [6.45, 7) is 4.11. The Morgan fingerprint density at radius 3 is 1.58 bits per heavy atom. The van der Waals surface area contributed by atoms with Gasteiger partial charge in [-0.2, -0.15) is 0 Å². The molecule has 5 nitrogen and oxygen atoms in total. The van der Waals surface area contributed by atoms with Gasteiger partial charge in [-0.25, -0.2) is 9.97 Å². The van der Waals surface area contributed by atoms with Crippen LogP contribution < -0.4 is 9.80 Å². The lowest BCUT2D eigenvalue weighted by molar-refractivity contribution is 0.103. The topological polar surface area (TPSA) is 49.3 Å². The summed E-state index contributed by atoms with van der Waals surface area (Å²) < 4.78 is 0. The molecule has 4 heterocycles. The van der Waals surface area contributed by atoms with Crippen molar-refractivity contribution in [2.75, 3.05) is 36.0 Å². The molecule has 0 aromatic carbocycles. The van der Waals surface area contributed by atoms with Crippen LogP contribution in [-0.4, -0.2) is 41.9 Å². The van der Waals surface area contributed by atoms with Gasteiger partial charge in [-0.3, -0.25) is 4.79 Å². The molecule has 24 heavy (non-hydrogen) atoms. The summed E-state index contributed by atoms with van der Waals surface area (Å²) in [7, 11) is 0. The fourth-order valence-corrected chi connectivity index (χ4v) is 3.52. The van der Waals surface area contributed by atoms with E-state index >= 15 is 0 Å². The minimum absolute atomic E-state index is 0.0423. The highest BCUT2D eigenvalue weighted by Crippen LogP contribution is 2.22. The lowest BCUT2D eigenvalue weighted by Crippen LogP contribution is -2.20. The van der Waals surface area contributed by atoms with Crippen LogP contribution in [0, 0.1) is 0 Å². The average molecular weight is 322 g/mol. The van der Waals surface area contributed by atoms with Crippen molar-refractivity contribution in [2.45, 2.75) is 25.7 Å². The fraction of sp³-hybridized carbons (Fsp3) is 0.421. The molecule has 0 spiro atoms. The van der Waals surface area contributed by atoms with Gasteiger partial charge in [0.2, 0.25) is 0 Å². The summed E-state index contributed by atoms with van der Waals surface area (Å²) in [6, 6.07) is 7.45. The number of rotatable bonds is 4. The van der Waals surface area contributed by atoms with Gasteiger partial charge in [0.15, 0.2) is 5.78 Å². The quantitative estimate of drug-likeness (QED) is 0.810. The Labute approximate surface area is 142 Å². The molecule has 0 amide bonds. The Balaban J connectivity index is 1.59. The van der Waals surface area contributed by atoms with Gasteiger partial charge >= 0.3 is 0 Å². The van der Waals surface area contributed by atoms with Crippen molar-refractivity contribution in [3.8, 4) is 0 Å². The van der Waals surface area contributed by atoms with E-state index in [1.165, 1.54) is 25.7 Å². The number of aromatic nitrogens is 2. The number of hydrogen-bond donors (Lipinski definition) is 0. The molecular weight excluding hydrogens is 300 g/mol. The van der Waals surface area contributed by atoms with Crippen LogP contribution in [0.1, 0.15) is 41.6 Å². The normalized spacial score (nSPS) is 17.5. The van der Waals surface area contributed by atoms with Crippen LogP contribution in [0.25, 0.3) is 0 Å². The monoisotopic (exact) mass is 322 g/mol. The number of ketones is 1. The molecule has 0 aliphatic carbocycles. The molecular formula is C19H22N4O. The average Bonchev–Trinajstić information content (AvgIpc) is 3.35. The highest BCUT2D eigenvalue weighted by atomic mass is 16.1. The molecule has 0 atom stereocenters. The molecule has 2 aliphatic rings. The smallest absolute Gasteiger partial charge is 0.193 e. The minimum Gasteiger partial charge on any atom is -0.357 e. The molecule has 0 bridgehead atoms. The molecule has 4 rings (SSSR count). The largest absolute Gasteiger partial charge is 0.357 e. The molecule has 2 saturated heterocycles. The van der Waals surface area contributed by atoms with Gasteiger partial charge in [-0.05, 0) is 49.9 Å². The van der Waals surface area contributed by atoms with Crippen LogP contribution in [0.5, 0.6) is 0 Å². The number of nitrogens with zero attached hydrogens (tertiary/aromatic N) is 4. The van der Waals surface area contributed by atoms with E-state index in [0.29, 0.717) is 11.1 Å². The van der Waals surface area contributed by atoms with E-state index in [1.54, 1.807) is 24.5 Å². The molecule has 0 radical (unpaired) electrons. The lowest BCUT2D eigenvalue weighted by atomic mass is 10.1. The number of pyridine rings is 2. The molecule has 2 aromatic heterocycles. The van der Waals surface area contributed by atoms with E-state index in [4.69, 9.17) is 0 Å². The first-order chi connectivity index (χ1) is 11.8. The van der Waals surface area contributed by atoms with Crippen molar-refractivity contribution < 1.29 is 4.79 Å². The van der Waals surface area contributed by atoms with Crippen LogP contribution in [0.4, 0.5) is 11.6 Å². The predicted molar refractivity (Wildman–Crippen MR) is 94.8 cm³/mol. The molecule has 2 aliphatic heterocycles. The Morgan fingerprint density at radius 1 is 0.750 bits per heavy atom. The van der Waals surface area contributed by atoms with Crippen LogP contribution in [0.2, 0.25) is 0 Å². The number of anilines is 2. The van der Waals surface area contributed by atoms with Gasteiger partial charge in [-0.15, -0.1) is 0 Å². The summed E-state index contributed by atoms with van der Waals surface area (Å²) in [4.78, 5) is 26.2. The Kier molecular flexibility index (Phi) is 4.15. The number of carbonyl (C=O) groups excluding carboxylic acids is 1. The summed E-state index contributed by atoms with van der Waals surface area (Å²) in [5, 5.41) is 0. The van der Waals surface area contributed by atoms with Gasteiger partial charge in [-0.1, -0.05) is 0 Å². The SMILES string of the molecule is O=C(c1ccnc(N2CCCC2)c1)c1ccnc(N2CCCC2)c1. The highest BCUT2D eigenvalue weighted by molar-refractivity contribution is 6.09. The summed E-state index contributed by atoms with van der Waals surface area (Å²) in [5.41, 5.74) is 1.40. The van der Waals surface area contributed by atoms with Crippen molar-refractivity contribution in [1.29, 1.82) is 0 Å². The molecule has 2 aromatic rings. The van der Waals surface area contributed by atoms with Gasteiger partial charge in [0.05, 0.1) is 0 Å². The predicted octanol–water partition coefficient (Wildman–Crippen LogP) is 2.91. The zero-order chi connectivity index (χ0) is 16.4. The first-order valence-corrected chi connectivity index (χ1v) is 8.78. The Bertz CT molecular complexity index is 672. The zero-order valence-electron chi connectivity index (χ0n) is 13.8. The Hall–Kier alpha value is -2.43. The van der Waals surface area contributed by atoms with Crippen LogP contribution in [0.3, 0.4) is 0 Å². The van der Waals surface area contributed by atoms with Crippen molar-refractivity contribution >= 4 is 17.4 Å². The lowest BCUT2D eigenvalue weighted by Gasteiger charge is -2.17. The van der Waals surface area contributed by atoms with E-state index < -0.39 is 0 Å². The van der Waals surface area contributed by atoms with Crippen molar-refractivity contribution in [3.05, 3.63) is 47.8 Å². The second kappa shape index (κ2) is 6.59. The third-order valence-corrected chi connectivity index (χ3v) is 4.88. The van der Waals surface area contributed by atoms with Crippen LogP contribution in [0.15, 0.2) is 36.7 Å². The molecule has 0 N–H and O–H groups in total. The van der Waals surface area contributed by atoms with Gasteiger partial charge in [0, 0.05) is 49.7 Å². The molecule has 2 fully saturated rings. The standard InChI is InChI=1S/C19H22N4O/c24-19(15-5-7-20-17(13-15)22-9-1-2-10-22)16-6-8-21-18(14-16)23-11-3-4-12-23/h5-8,13-14H,1-4,9-12H2. The molecule has 0 unspecified atom stereocenters. The first kappa shape index (κ1) is 15.1. The van der Waals surface area contributed by atoms with Gasteiger partial charge < -0.3 is 9.80 Å². The second-order valence-corrected chi connectivity index (χ2v) is 6.52. The molecule has 5 heteroatoms. The molecule has 124 valence electrons. The maximum Gasteiger partial charge on any atom is 0.193 e. The van der Waals surface area contributed by atoms with Crippen LogP contribution in [-0.2, 0) is 0 Å². The molecule has 0 saturated carbocycles. The number of hydrogen-bond acceptors (Lipinski definition) is 5. The third kappa shape index (κ3) is 2.98. The van der Waals surface area contributed by atoms with Crippen molar-refractivity contribution in [1.82, 2.24) is 9.97 Å². The van der Waals surface area contributed by atoms with E-state index in [9.17, 15) is 4.79 Å². The Morgan fingerprint density at radius 2 is 1.17 bits per heavy atom. The maximum absolute atomic E-state index is 12.9. The fourth-order valence-electron chi connectivity index (χ4n) is 3.52. The van der Waals surface area contributed by atoms with Gasteiger partial charge in [0.1, 0.15) is 11.6 Å². The third-order valence-electron chi connectivity index (χ3n) is 4.88. The van der Waals surface area contributed by atoms with Gasteiger partial charge in [0.25, 0.3) is 0 Å². The maximum atomic E-state index is 12.9. The van der Waals surface area contributed by atoms with Crippen LogP contribution >= 0.6 is 0 Å². The second-order valence-electron chi connectivity index (χ2n) is 6.52. The highest BCUT2D eigenvalue weighted by Gasteiger charge is 2.18. The van der Waals surface area contributed by atoms with Crippen molar-refractivity contribution in [3.63, 3.8) is 0 Å². The summed E-state index contributed by atoms with van der Waals surface area (Å²) in [6.07, 6.45) is 8.27. The van der Waals surface area contributed by atoms with E-state index in [0.717, 1.165) is 37.8 Å². The summed E-state index contributed by atoms with van der Waals surface area (Å²) >= 11 is 0. The first-order valence-electron chi connectivity index (χ1n) is 8.78. The number of carbonyl (C=O) groups is 1. The van der Waals surface area contributed by atoms with Crippen molar-refractivity contribution in [2.24, 2.45) is 0 Å². The van der Waals surface area contributed by atoms with E-state index in [1.807, 2.05) is 12.1 Å².